The molecule has 0 amide bonds. The Bertz CT molecular complexity index is 434. The largest absolute Gasteiger partial charge is 0.416 e. The highest BCUT2D eigenvalue weighted by atomic mass is 79.9. The van der Waals surface area contributed by atoms with Crippen LogP contribution in [0.15, 0.2) is 22.7 Å². The molecule has 2 rings (SSSR count). The van der Waals surface area contributed by atoms with E-state index in [4.69, 9.17) is 4.74 Å². The van der Waals surface area contributed by atoms with Crippen molar-refractivity contribution in [2.45, 2.75) is 31.2 Å². The number of aliphatic hydroxyl groups excluding tert-OH is 1. The summed E-state index contributed by atoms with van der Waals surface area (Å²) >= 11 is 3.22. The van der Waals surface area contributed by atoms with Crippen LogP contribution >= 0.6 is 15.9 Å². The van der Waals surface area contributed by atoms with Crippen LogP contribution in [0.25, 0.3) is 0 Å². The zero-order chi connectivity index (χ0) is 13.3. The van der Waals surface area contributed by atoms with Crippen LogP contribution in [0.5, 0.6) is 0 Å². The van der Waals surface area contributed by atoms with Gasteiger partial charge in [-0.25, -0.2) is 0 Å². The molecule has 2 atom stereocenters. The molecule has 1 aromatic rings. The summed E-state index contributed by atoms with van der Waals surface area (Å²) in [6.07, 6.45) is -4.55. The monoisotopic (exact) mass is 324 g/mol. The second-order valence-corrected chi connectivity index (χ2v) is 5.13. The molecule has 0 radical (unpaired) electrons. The van der Waals surface area contributed by atoms with Crippen LogP contribution in [-0.2, 0) is 10.9 Å². The Kier molecular flexibility index (Phi) is 3.99. The maximum absolute atomic E-state index is 12.6. The fourth-order valence-corrected chi connectivity index (χ4v) is 2.46. The molecule has 1 saturated heterocycles. The van der Waals surface area contributed by atoms with Crippen LogP contribution in [0, 0.1) is 0 Å². The lowest BCUT2D eigenvalue weighted by Gasteiger charge is -2.28. The van der Waals surface area contributed by atoms with E-state index in [1.54, 1.807) is 0 Å². The third kappa shape index (κ3) is 3.05. The van der Waals surface area contributed by atoms with E-state index in [-0.39, 0.29) is 0 Å². The van der Waals surface area contributed by atoms with Gasteiger partial charge in [0, 0.05) is 17.5 Å². The molecule has 6 heteroatoms. The van der Waals surface area contributed by atoms with Crippen molar-refractivity contribution < 1.29 is 23.0 Å². The predicted molar refractivity (Wildman–Crippen MR) is 63.1 cm³/mol. The van der Waals surface area contributed by atoms with Crippen molar-refractivity contribution in [3.05, 3.63) is 33.8 Å². The first-order chi connectivity index (χ1) is 8.38. The van der Waals surface area contributed by atoms with Crippen LogP contribution in [0.1, 0.15) is 30.1 Å². The van der Waals surface area contributed by atoms with Gasteiger partial charge in [0.1, 0.15) is 0 Å². The molecule has 100 valence electrons. The zero-order valence-electron chi connectivity index (χ0n) is 9.38. The number of rotatable bonds is 1. The molecular formula is C12H12BrF3O2. The van der Waals surface area contributed by atoms with Crippen molar-refractivity contribution in [3.63, 3.8) is 0 Å². The summed E-state index contributed by atoms with van der Waals surface area (Å²) in [7, 11) is 0. The molecule has 2 nitrogen and oxygen atoms in total. The van der Waals surface area contributed by atoms with Gasteiger partial charge in [0.05, 0.1) is 17.8 Å². The van der Waals surface area contributed by atoms with Gasteiger partial charge in [0.15, 0.2) is 0 Å². The smallest absolute Gasteiger partial charge is 0.393 e. The maximum Gasteiger partial charge on any atom is 0.416 e. The molecule has 1 aliphatic rings. The van der Waals surface area contributed by atoms with Gasteiger partial charge in [-0.3, -0.25) is 0 Å². The van der Waals surface area contributed by atoms with E-state index < -0.39 is 23.9 Å². The Morgan fingerprint density at radius 1 is 1.33 bits per heavy atom. The van der Waals surface area contributed by atoms with E-state index in [1.807, 2.05) is 0 Å². The molecule has 1 heterocycles. The number of benzene rings is 1. The summed E-state index contributed by atoms with van der Waals surface area (Å²) in [5, 5.41) is 9.54. The van der Waals surface area contributed by atoms with Gasteiger partial charge in [-0.1, -0.05) is 15.9 Å². The number of aliphatic hydroxyl groups is 1. The summed E-state index contributed by atoms with van der Waals surface area (Å²) in [6.45, 7) is 0.356. The molecule has 1 aromatic carbocycles. The molecule has 1 fully saturated rings. The number of alkyl halides is 3. The standard InChI is InChI=1S/C12H12BrF3O2/c13-10-2-1-7(12(14,15)16)5-9(10)11-6-8(17)3-4-18-11/h1-2,5,8,11,17H,3-4,6H2. The average Bonchev–Trinajstić information content (AvgIpc) is 2.28. The van der Waals surface area contributed by atoms with Crippen LogP contribution in [0.2, 0.25) is 0 Å². The molecule has 2 unspecified atom stereocenters. The van der Waals surface area contributed by atoms with E-state index >= 15 is 0 Å². The molecule has 1 aliphatic heterocycles. The number of ether oxygens (including phenoxy) is 1. The van der Waals surface area contributed by atoms with Gasteiger partial charge in [-0.15, -0.1) is 0 Å². The van der Waals surface area contributed by atoms with Gasteiger partial charge >= 0.3 is 6.18 Å². The lowest BCUT2D eigenvalue weighted by atomic mass is 9.98. The lowest BCUT2D eigenvalue weighted by molar-refractivity contribution is -0.137. The SMILES string of the molecule is OC1CCOC(c2cc(C(F)(F)F)ccc2Br)C1. The van der Waals surface area contributed by atoms with Gasteiger partial charge < -0.3 is 9.84 Å². The highest BCUT2D eigenvalue weighted by molar-refractivity contribution is 9.10. The second-order valence-electron chi connectivity index (χ2n) is 4.27. The van der Waals surface area contributed by atoms with Crippen molar-refractivity contribution >= 4 is 15.9 Å². The van der Waals surface area contributed by atoms with Crippen LogP contribution in [-0.4, -0.2) is 17.8 Å². The molecule has 0 aliphatic carbocycles. The van der Waals surface area contributed by atoms with E-state index in [0.29, 0.717) is 29.5 Å². The quantitative estimate of drug-likeness (QED) is 0.853. The van der Waals surface area contributed by atoms with E-state index in [0.717, 1.165) is 12.1 Å². The van der Waals surface area contributed by atoms with E-state index in [2.05, 4.69) is 15.9 Å². The summed E-state index contributed by atoms with van der Waals surface area (Å²) in [6, 6.07) is 3.46. The highest BCUT2D eigenvalue weighted by Crippen LogP contribution is 2.37. The van der Waals surface area contributed by atoms with Crippen molar-refractivity contribution in [3.8, 4) is 0 Å². The van der Waals surface area contributed by atoms with Crippen LogP contribution in [0.4, 0.5) is 13.2 Å². The fourth-order valence-electron chi connectivity index (χ4n) is 1.96. The van der Waals surface area contributed by atoms with E-state index in [9.17, 15) is 18.3 Å². The second kappa shape index (κ2) is 5.19. The first-order valence-corrected chi connectivity index (χ1v) is 6.33. The average molecular weight is 325 g/mol. The van der Waals surface area contributed by atoms with Crippen molar-refractivity contribution in [2.24, 2.45) is 0 Å². The molecule has 0 saturated carbocycles. The highest BCUT2D eigenvalue weighted by Gasteiger charge is 2.32. The topological polar surface area (TPSA) is 29.5 Å². The Hall–Kier alpha value is -0.590. The number of hydrogen-bond donors (Lipinski definition) is 1. The summed E-state index contributed by atoms with van der Waals surface area (Å²) < 4.78 is 43.9. The van der Waals surface area contributed by atoms with Gasteiger partial charge in [-0.2, -0.15) is 13.2 Å². The van der Waals surface area contributed by atoms with Gasteiger partial charge in [0.2, 0.25) is 0 Å². The number of halogens is 4. The van der Waals surface area contributed by atoms with Crippen LogP contribution < -0.4 is 0 Å². The molecule has 18 heavy (non-hydrogen) atoms. The molecular weight excluding hydrogens is 313 g/mol. The van der Waals surface area contributed by atoms with Crippen molar-refractivity contribution in [2.75, 3.05) is 6.61 Å². The fraction of sp³-hybridized carbons (Fsp3) is 0.500. The Morgan fingerprint density at radius 3 is 2.67 bits per heavy atom. The van der Waals surface area contributed by atoms with Gasteiger partial charge in [0.25, 0.3) is 0 Å². The maximum atomic E-state index is 12.6. The van der Waals surface area contributed by atoms with Gasteiger partial charge in [-0.05, 0) is 30.2 Å². The lowest BCUT2D eigenvalue weighted by Crippen LogP contribution is -2.24. The van der Waals surface area contributed by atoms with Crippen molar-refractivity contribution in [1.29, 1.82) is 0 Å². The summed E-state index contributed by atoms with van der Waals surface area (Å²) in [5.74, 6) is 0. The first kappa shape index (κ1) is 13.8. The zero-order valence-corrected chi connectivity index (χ0v) is 11.0. The molecule has 0 spiro atoms. The third-order valence-electron chi connectivity index (χ3n) is 2.93. The summed E-state index contributed by atoms with van der Waals surface area (Å²) in [4.78, 5) is 0. The Morgan fingerprint density at radius 2 is 2.06 bits per heavy atom. The molecule has 1 N–H and O–H groups in total. The summed E-state index contributed by atoms with van der Waals surface area (Å²) in [5.41, 5.74) is -0.270. The Balaban J connectivity index is 2.31. The molecule has 0 bridgehead atoms. The minimum Gasteiger partial charge on any atom is -0.393 e. The van der Waals surface area contributed by atoms with Crippen molar-refractivity contribution in [1.82, 2.24) is 0 Å². The van der Waals surface area contributed by atoms with Crippen LogP contribution in [0.3, 0.4) is 0 Å². The number of hydrogen-bond acceptors (Lipinski definition) is 2. The minimum atomic E-state index is -4.37. The predicted octanol–water partition coefficient (Wildman–Crippen LogP) is 3.68. The Labute approximate surface area is 111 Å². The third-order valence-corrected chi connectivity index (χ3v) is 3.65. The minimum absolute atomic E-state index is 0.319. The normalized spacial score (nSPS) is 25.2. The van der Waals surface area contributed by atoms with E-state index in [1.165, 1.54) is 6.07 Å². The molecule has 0 aromatic heterocycles. The first-order valence-electron chi connectivity index (χ1n) is 5.54.